The molecular weight excluding hydrogens is 488 g/mol. The van der Waals surface area contributed by atoms with Crippen molar-refractivity contribution < 1.29 is 22.7 Å². The molecule has 184 valence electrons. The highest BCUT2D eigenvalue weighted by atomic mass is 35.5. The maximum atomic E-state index is 13.5. The molecule has 0 unspecified atom stereocenters. The van der Waals surface area contributed by atoms with Crippen molar-refractivity contribution in [2.75, 3.05) is 24.0 Å². The monoisotopic (exact) mass is 514 g/mol. The fraction of sp³-hybridized carbons (Fsp3) is 0.269. The van der Waals surface area contributed by atoms with Gasteiger partial charge in [0.1, 0.15) is 18.1 Å². The molecule has 35 heavy (non-hydrogen) atoms. The van der Waals surface area contributed by atoms with Crippen molar-refractivity contribution in [2.24, 2.45) is 0 Å². The first-order valence-corrected chi connectivity index (χ1v) is 13.0. The van der Waals surface area contributed by atoms with E-state index in [9.17, 15) is 13.2 Å². The van der Waals surface area contributed by atoms with Crippen molar-refractivity contribution in [1.82, 2.24) is 5.32 Å². The van der Waals surface area contributed by atoms with Gasteiger partial charge < -0.3 is 14.8 Å². The Morgan fingerprint density at radius 2 is 1.77 bits per heavy atom. The molecule has 1 atom stereocenters. The van der Waals surface area contributed by atoms with Crippen molar-refractivity contribution in [3.63, 3.8) is 0 Å². The predicted molar refractivity (Wildman–Crippen MR) is 136 cm³/mol. The smallest absolute Gasteiger partial charge is 0.264 e. The van der Waals surface area contributed by atoms with E-state index in [1.165, 1.54) is 4.31 Å². The molecule has 1 aliphatic heterocycles. The molecule has 0 aromatic heterocycles. The maximum absolute atomic E-state index is 13.5. The molecule has 7 nitrogen and oxygen atoms in total. The molecule has 0 saturated carbocycles. The first kappa shape index (κ1) is 24.9. The second-order valence-electron chi connectivity index (χ2n) is 8.48. The minimum Gasteiger partial charge on any atom is -0.492 e. The molecule has 1 aliphatic rings. The van der Waals surface area contributed by atoms with Crippen LogP contribution in [0.4, 0.5) is 5.69 Å². The van der Waals surface area contributed by atoms with Gasteiger partial charge in [-0.2, -0.15) is 0 Å². The Morgan fingerprint density at radius 3 is 2.49 bits per heavy atom. The first-order valence-electron chi connectivity index (χ1n) is 11.2. The maximum Gasteiger partial charge on any atom is 0.264 e. The summed E-state index contributed by atoms with van der Waals surface area (Å²) >= 11 is 6.11. The molecule has 0 bridgehead atoms. The third-order valence-electron chi connectivity index (χ3n) is 5.70. The van der Waals surface area contributed by atoms with Crippen LogP contribution in [0.1, 0.15) is 16.7 Å². The SMILES string of the molecule is Cc1ccc(S(=O)(=O)N2C[C@H](C(=O)NCCOc3ccc(C)c(Cl)c3)Oc3ccc(C)cc32)cc1. The summed E-state index contributed by atoms with van der Waals surface area (Å²) in [6.07, 6.45) is -1.01. The third-order valence-corrected chi connectivity index (χ3v) is 7.90. The van der Waals surface area contributed by atoms with Gasteiger partial charge in [0.25, 0.3) is 15.9 Å². The number of hydrogen-bond acceptors (Lipinski definition) is 5. The van der Waals surface area contributed by atoms with Gasteiger partial charge in [0.15, 0.2) is 6.10 Å². The van der Waals surface area contributed by atoms with Crippen LogP contribution in [0, 0.1) is 20.8 Å². The second kappa shape index (κ2) is 10.2. The van der Waals surface area contributed by atoms with E-state index in [4.69, 9.17) is 21.1 Å². The molecule has 3 aromatic carbocycles. The van der Waals surface area contributed by atoms with E-state index in [2.05, 4.69) is 5.32 Å². The Labute approximate surface area is 210 Å². The number of nitrogens with zero attached hydrogens (tertiary/aromatic N) is 1. The number of sulfonamides is 1. The fourth-order valence-corrected chi connectivity index (χ4v) is 5.32. The molecule has 0 saturated heterocycles. The number of rotatable bonds is 7. The van der Waals surface area contributed by atoms with Crippen LogP contribution in [-0.2, 0) is 14.8 Å². The summed E-state index contributed by atoms with van der Waals surface area (Å²) < 4.78 is 39.8. The van der Waals surface area contributed by atoms with Crippen molar-refractivity contribution in [2.45, 2.75) is 31.8 Å². The number of carbonyl (C=O) groups excluding carboxylic acids is 1. The summed E-state index contributed by atoms with van der Waals surface area (Å²) in [6.45, 7) is 5.96. The summed E-state index contributed by atoms with van der Waals surface area (Å²) in [5.41, 5.74) is 3.19. The van der Waals surface area contributed by atoms with Crippen LogP contribution in [0.5, 0.6) is 11.5 Å². The van der Waals surface area contributed by atoms with Gasteiger partial charge in [-0.1, -0.05) is 41.4 Å². The zero-order chi connectivity index (χ0) is 25.2. The zero-order valence-electron chi connectivity index (χ0n) is 19.7. The molecule has 4 rings (SSSR count). The van der Waals surface area contributed by atoms with Gasteiger partial charge in [0, 0.05) is 5.02 Å². The van der Waals surface area contributed by atoms with E-state index in [0.29, 0.717) is 22.2 Å². The lowest BCUT2D eigenvalue weighted by molar-refractivity contribution is -0.127. The largest absolute Gasteiger partial charge is 0.492 e. The number of ether oxygens (including phenoxy) is 2. The molecule has 0 radical (unpaired) electrons. The van der Waals surface area contributed by atoms with E-state index in [1.54, 1.807) is 48.5 Å². The Bertz CT molecular complexity index is 1340. The van der Waals surface area contributed by atoms with Gasteiger partial charge in [-0.25, -0.2) is 8.42 Å². The minimum atomic E-state index is -3.91. The van der Waals surface area contributed by atoms with E-state index < -0.39 is 22.0 Å². The van der Waals surface area contributed by atoms with Crippen LogP contribution >= 0.6 is 11.6 Å². The number of nitrogens with one attached hydrogen (secondary N) is 1. The summed E-state index contributed by atoms with van der Waals surface area (Å²) in [5, 5.41) is 3.37. The van der Waals surface area contributed by atoms with Crippen molar-refractivity contribution in [1.29, 1.82) is 0 Å². The molecule has 1 amide bonds. The number of carbonyl (C=O) groups is 1. The van der Waals surface area contributed by atoms with Crippen LogP contribution in [0.3, 0.4) is 0 Å². The normalized spacial score (nSPS) is 15.2. The van der Waals surface area contributed by atoms with E-state index in [0.717, 1.165) is 16.7 Å². The summed E-state index contributed by atoms with van der Waals surface area (Å²) in [7, 11) is -3.91. The van der Waals surface area contributed by atoms with Gasteiger partial charge in [-0.05, 0) is 68.3 Å². The van der Waals surface area contributed by atoms with Crippen LogP contribution in [0.15, 0.2) is 65.6 Å². The molecular formula is C26H27ClN2O5S. The lowest BCUT2D eigenvalue weighted by Crippen LogP contribution is -2.51. The van der Waals surface area contributed by atoms with Crippen LogP contribution in [0.25, 0.3) is 0 Å². The standard InChI is InChI=1S/C26H27ClN2O5S/c1-17-4-9-21(10-5-17)35(31,32)29-16-25(34-24-11-6-18(2)14-23(24)29)26(30)28-12-13-33-20-8-7-19(3)22(27)15-20/h4-11,14-15,25H,12-13,16H2,1-3H3,(H,28,30)/t25-/m1/s1. The van der Waals surface area contributed by atoms with Gasteiger partial charge in [-0.15, -0.1) is 0 Å². The predicted octanol–water partition coefficient (Wildman–Crippen LogP) is 4.42. The quantitative estimate of drug-likeness (QED) is 0.472. The Hall–Kier alpha value is -3.23. The molecule has 9 heteroatoms. The highest BCUT2D eigenvalue weighted by Gasteiger charge is 2.37. The van der Waals surface area contributed by atoms with Gasteiger partial charge in [0.2, 0.25) is 0 Å². The Balaban J connectivity index is 1.48. The van der Waals surface area contributed by atoms with Gasteiger partial charge >= 0.3 is 0 Å². The van der Waals surface area contributed by atoms with Gasteiger partial charge in [-0.3, -0.25) is 9.10 Å². The zero-order valence-corrected chi connectivity index (χ0v) is 21.3. The number of amides is 1. The molecule has 3 aromatic rings. The van der Waals surface area contributed by atoms with E-state index in [-0.39, 0.29) is 24.6 Å². The highest BCUT2D eigenvalue weighted by Crippen LogP contribution is 2.37. The van der Waals surface area contributed by atoms with Gasteiger partial charge in [0.05, 0.1) is 23.7 Å². The number of fused-ring (bicyclic) bond motifs is 1. The summed E-state index contributed by atoms with van der Waals surface area (Å²) in [5.74, 6) is 0.512. The first-order chi connectivity index (χ1) is 16.6. The van der Waals surface area contributed by atoms with E-state index in [1.807, 2.05) is 32.9 Å². The number of benzene rings is 3. The van der Waals surface area contributed by atoms with Crippen LogP contribution in [0.2, 0.25) is 5.02 Å². The van der Waals surface area contributed by atoms with E-state index >= 15 is 0 Å². The second-order valence-corrected chi connectivity index (χ2v) is 10.7. The topological polar surface area (TPSA) is 84.9 Å². The number of halogens is 1. The Kier molecular flexibility index (Phi) is 7.23. The highest BCUT2D eigenvalue weighted by molar-refractivity contribution is 7.92. The molecule has 1 heterocycles. The van der Waals surface area contributed by atoms with Crippen molar-refractivity contribution >= 4 is 33.2 Å². The van der Waals surface area contributed by atoms with Crippen molar-refractivity contribution in [3.8, 4) is 11.5 Å². The van der Waals surface area contributed by atoms with Crippen LogP contribution in [-0.4, -0.2) is 40.1 Å². The summed E-state index contributed by atoms with van der Waals surface area (Å²) in [6, 6.07) is 17.3. The number of aryl methyl sites for hydroxylation is 3. The minimum absolute atomic E-state index is 0.146. The van der Waals surface area contributed by atoms with Crippen molar-refractivity contribution in [3.05, 3.63) is 82.4 Å². The van der Waals surface area contributed by atoms with Crippen LogP contribution < -0.4 is 19.1 Å². The summed E-state index contributed by atoms with van der Waals surface area (Å²) in [4.78, 5) is 13.1. The average Bonchev–Trinajstić information content (AvgIpc) is 2.83. The third kappa shape index (κ3) is 5.55. The average molecular weight is 515 g/mol. The fourth-order valence-electron chi connectivity index (χ4n) is 3.68. The molecule has 1 N–H and O–H groups in total. The molecule has 0 spiro atoms. The lowest BCUT2D eigenvalue weighted by atomic mass is 10.1. The lowest BCUT2D eigenvalue weighted by Gasteiger charge is -2.35. The number of anilines is 1. The molecule has 0 aliphatic carbocycles. The molecule has 0 fully saturated rings. The number of hydrogen-bond donors (Lipinski definition) is 1. The Morgan fingerprint density at radius 1 is 1.06 bits per heavy atom.